The van der Waals surface area contributed by atoms with Crippen LogP contribution < -0.4 is 0 Å². The van der Waals surface area contributed by atoms with Gasteiger partial charge in [0.15, 0.2) is 0 Å². The Morgan fingerprint density at radius 3 is 2.37 bits per heavy atom. The molecule has 2 saturated heterocycles. The summed E-state index contributed by atoms with van der Waals surface area (Å²) in [4.78, 5) is 37.2. The molecule has 30 heavy (non-hydrogen) atoms. The minimum Gasteiger partial charge on any atom is -0.343 e. The van der Waals surface area contributed by atoms with E-state index in [0.29, 0.717) is 19.0 Å². The zero-order valence-corrected chi connectivity index (χ0v) is 18.0. The Hall–Kier alpha value is -2.70. The molecule has 0 aromatic carbocycles. The highest BCUT2D eigenvalue weighted by molar-refractivity contribution is 5.79. The molecular weight excluding hydrogens is 378 g/mol. The molecule has 7 nitrogen and oxygen atoms in total. The molecule has 2 aliphatic rings. The average molecular weight is 410 g/mol. The van der Waals surface area contributed by atoms with Crippen LogP contribution in [-0.2, 0) is 16.1 Å². The summed E-state index contributed by atoms with van der Waals surface area (Å²) < 4.78 is 2.29. The number of carbonyl (C=O) groups is 2. The van der Waals surface area contributed by atoms with Crippen LogP contribution in [0.3, 0.4) is 0 Å². The fourth-order valence-corrected chi connectivity index (χ4v) is 4.71. The fourth-order valence-electron chi connectivity index (χ4n) is 4.71. The molecule has 0 N–H and O–H groups in total. The molecule has 4 rings (SSSR count). The summed E-state index contributed by atoms with van der Waals surface area (Å²) in [6.45, 7) is 7.69. The maximum absolute atomic E-state index is 12.9. The van der Waals surface area contributed by atoms with E-state index in [1.54, 1.807) is 13.1 Å². The van der Waals surface area contributed by atoms with Crippen LogP contribution in [0.25, 0.3) is 11.4 Å². The first-order valence-corrected chi connectivity index (χ1v) is 11.0. The number of hydrogen-bond donors (Lipinski definition) is 0. The van der Waals surface area contributed by atoms with E-state index in [1.807, 2.05) is 34.3 Å². The first-order chi connectivity index (χ1) is 14.5. The van der Waals surface area contributed by atoms with E-state index < -0.39 is 0 Å². The zero-order valence-electron chi connectivity index (χ0n) is 18.0. The van der Waals surface area contributed by atoms with Crippen molar-refractivity contribution >= 4 is 11.8 Å². The van der Waals surface area contributed by atoms with Gasteiger partial charge in [-0.2, -0.15) is 0 Å². The summed E-state index contributed by atoms with van der Waals surface area (Å²) >= 11 is 0. The topological polar surface area (TPSA) is 71.3 Å². The van der Waals surface area contributed by atoms with Gasteiger partial charge in [0.25, 0.3) is 0 Å². The molecule has 0 atom stereocenters. The molecule has 0 aliphatic carbocycles. The standard InChI is InChI=1S/C23H31N5O2/c1-17-14-25-22(21-4-3-9-24-15-21)28(17)16-19-5-10-27(11-6-19)23(30)20-7-12-26(13-8-20)18(2)29/h3-4,9,14-15,19-20H,5-8,10-13,16H2,1-2H3. The number of aryl methyl sites for hydroxylation is 1. The van der Waals surface area contributed by atoms with E-state index in [-0.39, 0.29) is 17.7 Å². The van der Waals surface area contributed by atoms with Crippen molar-refractivity contribution < 1.29 is 9.59 Å². The number of piperidine rings is 2. The summed E-state index contributed by atoms with van der Waals surface area (Å²) in [6.07, 6.45) is 9.18. The summed E-state index contributed by atoms with van der Waals surface area (Å²) in [5, 5.41) is 0. The number of aromatic nitrogens is 3. The summed E-state index contributed by atoms with van der Waals surface area (Å²) in [7, 11) is 0. The predicted molar refractivity (Wildman–Crippen MR) is 114 cm³/mol. The first-order valence-electron chi connectivity index (χ1n) is 11.0. The summed E-state index contributed by atoms with van der Waals surface area (Å²) in [5.74, 6) is 1.98. The highest BCUT2D eigenvalue weighted by Gasteiger charge is 2.31. The Bertz CT molecular complexity index is 878. The van der Waals surface area contributed by atoms with Crippen LogP contribution in [0.5, 0.6) is 0 Å². The predicted octanol–water partition coefficient (Wildman–Crippen LogP) is 2.75. The lowest BCUT2D eigenvalue weighted by Gasteiger charge is -2.37. The van der Waals surface area contributed by atoms with Crippen molar-refractivity contribution in [2.45, 2.75) is 46.1 Å². The van der Waals surface area contributed by atoms with E-state index in [2.05, 4.69) is 21.5 Å². The number of hydrogen-bond acceptors (Lipinski definition) is 4. The SMILES string of the molecule is CC(=O)N1CCC(C(=O)N2CCC(Cn3c(C)cnc3-c3cccnc3)CC2)CC1. The normalized spacial score (nSPS) is 18.6. The van der Waals surface area contributed by atoms with Gasteiger partial charge in [0.1, 0.15) is 5.82 Å². The van der Waals surface area contributed by atoms with Crippen LogP contribution in [0.15, 0.2) is 30.7 Å². The lowest BCUT2D eigenvalue weighted by atomic mass is 9.92. The molecule has 2 aromatic rings. The minimum absolute atomic E-state index is 0.0743. The lowest BCUT2D eigenvalue weighted by molar-refractivity contribution is -0.141. The number of likely N-dealkylation sites (tertiary alicyclic amines) is 2. The molecule has 0 bridgehead atoms. The number of amides is 2. The van der Waals surface area contributed by atoms with Gasteiger partial charge in [0.05, 0.1) is 0 Å². The quantitative estimate of drug-likeness (QED) is 0.779. The lowest BCUT2D eigenvalue weighted by Crippen LogP contribution is -2.46. The Morgan fingerprint density at radius 2 is 1.73 bits per heavy atom. The van der Waals surface area contributed by atoms with E-state index in [1.165, 1.54) is 0 Å². The van der Waals surface area contributed by atoms with Crippen molar-refractivity contribution in [1.29, 1.82) is 0 Å². The van der Waals surface area contributed by atoms with Crippen molar-refractivity contribution in [2.75, 3.05) is 26.2 Å². The maximum atomic E-state index is 12.9. The molecular formula is C23H31N5O2. The third-order valence-corrected chi connectivity index (χ3v) is 6.63. The molecule has 7 heteroatoms. The second-order valence-corrected chi connectivity index (χ2v) is 8.62. The highest BCUT2D eigenvalue weighted by Crippen LogP contribution is 2.27. The van der Waals surface area contributed by atoms with Gasteiger partial charge in [-0.15, -0.1) is 0 Å². The number of nitrogens with zero attached hydrogens (tertiary/aromatic N) is 5. The molecule has 160 valence electrons. The van der Waals surface area contributed by atoms with E-state index in [0.717, 1.165) is 62.4 Å². The van der Waals surface area contributed by atoms with Gasteiger partial charge >= 0.3 is 0 Å². The average Bonchev–Trinajstić information content (AvgIpc) is 3.14. The third kappa shape index (κ3) is 4.40. The molecule has 2 aromatic heterocycles. The second-order valence-electron chi connectivity index (χ2n) is 8.62. The van der Waals surface area contributed by atoms with E-state index in [4.69, 9.17) is 0 Å². The van der Waals surface area contributed by atoms with Crippen molar-refractivity contribution in [1.82, 2.24) is 24.3 Å². The van der Waals surface area contributed by atoms with Crippen LogP contribution >= 0.6 is 0 Å². The Balaban J connectivity index is 1.32. The summed E-state index contributed by atoms with van der Waals surface area (Å²) in [5.41, 5.74) is 2.19. The Kier molecular flexibility index (Phi) is 6.16. The number of rotatable bonds is 4. The van der Waals surface area contributed by atoms with Crippen LogP contribution in [0.4, 0.5) is 0 Å². The highest BCUT2D eigenvalue weighted by atomic mass is 16.2. The largest absolute Gasteiger partial charge is 0.343 e. The van der Waals surface area contributed by atoms with Crippen LogP contribution in [0.1, 0.15) is 38.3 Å². The van der Waals surface area contributed by atoms with Gasteiger partial charge in [-0.05, 0) is 50.7 Å². The molecule has 0 unspecified atom stereocenters. The monoisotopic (exact) mass is 409 g/mol. The van der Waals surface area contributed by atoms with Gasteiger partial charge in [-0.3, -0.25) is 14.6 Å². The van der Waals surface area contributed by atoms with Crippen molar-refractivity contribution in [2.24, 2.45) is 11.8 Å². The van der Waals surface area contributed by atoms with Crippen molar-refractivity contribution in [3.05, 3.63) is 36.4 Å². The third-order valence-electron chi connectivity index (χ3n) is 6.63. The van der Waals surface area contributed by atoms with Gasteiger partial charge in [-0.1, -0.05) is 0 Å². The van der Waals surface area contributed by atoms with Crippen molar-refractivity contribution in [3.63, 3.8) is 0 Å². The Labute approximate surface area is 178 Å². The first kappa shape index (κ1) is 20.6. The Morgan fingerprint density at radius 1 is 1.03 bits per heavy atom. The molecule has 0 saturated carbocycles. The fraction of sp³-hybridized carbons (Fsp3) is 0.565. The van der Waals surface area contributed by atoms with Crippen molar-refractivity contribution in [3.8, 4) is 11.4 Å². The van der Waals surface area contributed by atoms with Crippen LogP contribution in [0, 0.1) is 18.8 Å². The molecule has 0 spiro atoms. The van der Waals surface area contributed by atoms with Gasteiger partial charge < -0.3 is 14.4 Å². The number of pyridine rings is 1. The van der Waals surface area contributed by atoms with Crippen LogP contribution in [-0.4, -0.2) is 62.3 Å². The molecule has 2 aliphatic heterocycles. The maximum Gasteiger partial charge on any atom is 0.225 e. The second kappa shape index (κ2) is 8.98. The van der Waals surface area contributed by atoms with E-state index in [9.17, 15) is 9.59 Å². The zero-order chi connectivity index (χ0) is 21.1. The van der Waals surface area contributed by atoms with Gasteiger partial charge in [0, 0.05) is 75.4 Å². The van der Waals surface area contributed by atoms with Gasteiger partial charge in [-0.25, -0.2) is 4.98 Å². The molecule has 2 amide bonds. The van der Waals surface area contributed by atoms with Gasteiger partial charge in [0.2, 0.25) is 11.8 Å². The van der Waals surface area contributed by atoms with E-state index >= 15 is 0 Å². The number of carbonyl (C=O) groups excluding carboxylic acids is 2. The van der Waals surface area contributed by atoms with Crippen LogP contribution in [0.2, 0.25) is 0 Å². The smallest absolute Gasteiger partial charge is 0.225 e. The minimum atomic E-state index is 0.0743. The summed E-state index contributed by atoms with van der Waals surface area (Å²) in [6, 6.07) is 3.98. The molecule has 2 fully saturated rings. The molecule has 4 heterocycles. The number of imidazole rings is 1. The molecule has 0 radical (unpaired) electrons.